The van der Waals surface area contributed by atoms with Crippen molar-refractivity contribution in [3.8, 4) is 11.5 Å². The van der Waals surface area contributed by atoms with Crippen LogP contribution in [0.25, 0.3) is 6.08 Å². The van der Waals surface area contributed by atoms with Gasteiger partial charge in [0.1, 0.15) is 30.5 Å². The maximum absolute atomic E-state index is 11.8. The van der Waals surface area contributed by atoms with Gasteiger partial charge >= 0.3 is 5.97 Å². The van der Waals surface area contributed by atoms with Gasteiger partial charge in [0, 0.05) is 6.08 Å². The monoisotopic (exact) mass is 342 g/mol. The van der Waals surface area contributed by atoms with E-state index in [1.165, 1.54) is 24.3 Å². The molecule has 6 atom stereocenters. The van der Waals surface area contributed by atoms with Gasteiger partial charge in [-0.15, -0.1) is 0 Å². The number of phenols is 2. The van der Waals surface area contributed by atoms with Crippen molar-refractivity contribution in [2.45, 2.75) is 36.6 Å². The summed E-state index contributed by atoms with van der Waals surface area (Å²) in [4.78, 5) is 11.8. The van der Waals surface area contributed by atoms with Gasteiger partial charge in [0.2, 0.25) is 0 Å². The van der Waals surface area contributed by atoms with Gasteiger partial charge in [-0.1, -0.05) is 6.07 Å². The molecule has 0 aliphatic heterocycles. The minimum Gasteiger partial charge on any atom is -0.504 e. The summed E-state index contributed by atoms with van der Waals surface area (Å²) in [6.07, 6.45) is -8.40. The predicted molar refractivity (Wildman–Crippen MR) is 78.7 cm³/mol. The summed E-state index contributed by atoms with van der Waals surface area (Å²) in [6, 6.07) is 3.81. The summed E-state index contributed by atoms with van der Waals surface area (Å²) < 4.78 is 4.81. The van der Waals surface area contributed by atoms with Crippen LogP contribution in [0, 0.1) is 0 Å². The summed E-state index contributed by atoms with van der Waals surface area (Å²) in [7, 11) is 0. The van der Waals surface area contributed by atoms with Gasteiger partial charge in [0.25, 0.3) is 0 Å². The number of aromatic hydroxyl groups is 2. The molecular weight excluding hydrogens is 324 g/mol. The number of phenolic OH excluding ortho intramolecular Hbond substituents is 2. The normalized spacial score (nSPS) is 33.5. The number of rotatable bonds is 3. The molecule has 1 aliphatic rings. The van der Waals surface area contributed by atoms with Crippen molar-refractivity contribution in [3.63, 3.8) is 0 Å². The molecule has 0 aromatic heterocycles. The molecule has 9 nitrogen and oxygen atoms in total. The lowest BCUT2D eigenvalue weighted by molar-refractivity contribution is -0.231. The summed E-state index contributed by atoms with van der Waals surface area (Å²) in [5.74, 6) is -1.71. The van der Waals surface area contributed by atoms with E-state index in [2.05, 4.69) is 0 Å². The third kappa shape index (κ3) is 3.66. The molecule has 24 heavy (non-hydrogen) atoms. The van der Waals surface area contributed by atoms with Crippen LogP contribution >= 0.6 is 0 Å². The van der Waals surface area contributed by atoms with E-state index in [1.807, 2.05) is 0 Å². The molecule has 1 fully saturated rings. The predicted octanol–water partition coefficient (Wildman–Crippen LogP) is -2.16. The molecule has 0 bridgehead atoms. The highest BCUT2D eigenvalue weighted by molar-refractivity contribution is 5.87. The maximum Gasteiger partial charge on any atom is 0.331 e. The minimum atomic E-state index is -1.79. The van der Waals surface area contributed by atoms with Crippen LogP contribution < -0.4 is 0 Å². The Bertz CT molecular complexity index is 613. The quantitative estimate of drug-likeness (QED) is 0.184. The third-order valence-electron chi connectivity index (χ3n) is 3.74. The maximum atomic E-state index is 11.8. The molecule has 2 rings (SSSR count). The Kier molecular flexibility index (Phi) is 5.42. The van der Waals surface area contributed by atoms with Gasteiger partial charge in [-0.05, 0) is 23.8 Å². The fourth-order valence-corrected chi connectivity index (χ4v) is 2.32. The lowest BCUT2D eigenvalue weighted by Gasteiger charge is -2.40. The minimum absolute atomic E-state index is 0.329. The summed E-state index contributed by atoms with van der Waals surface area (Å²) in [5.41, 5.74) is 0.363. The molecule has 1 aromatic rings. The zero-order valence-corrected chi connectivity index (χ0v) is 12.3. The zero-order valence-electron chi connectivity index (χ0n) is 12.3. The van der Waals surface area contributed by atoms with Gasteiger partial charge in [-0.25, -0.2) is 4.79 Å². The van der Waals surface area contributed by atoms with Crippen molar-refractivity contribution < 1.29 is 45.3 Å². The highest BCUT2D eigenvalue weighted by Gasteiger charge is 2.50. The molecule has 0 amide bonds. The van der Waals surface area contributed by atoms with Crippen LogP contribution in [-0.4, -0.2) is 78.3 Å². The molecule has 1 aliphatic carbocycles. The first kappa shape index (κ1) is 18.2. The van der Waals surface area contributed by atoms with Gasteiger partial charge < -0.3 is 40.5 Å². The molecule has 9 heteroatoms. The van der Waals surface area contributed by atoms with Gasteiger partial charge in [0.05, 0.1) is 0 Å². The number of hydrogen-bond acceptors (Lipinski definition) is 9. The SMILES string of the molecule is O=C(/C=C/c1ccc(O)c(O)c1)OC1[C@@H](O)[C@H](O)C(O)[C@H](O)[C@H]1O. The van der Waals surface area contributed by atoms with E-state index in [9.17, 15) is 40.5 Å². The Morgan fingerprint density at radius 2 is 1.42 bits per heavy atom. The van der Waals surface area contributed by atoms with Crippen LogP contribution in [0.2, 0.25) is 0 Å². The summed E-state index contributed by atoms with van der Waals surface area (Å²) in [5, 5.41) is 66.5. The van der Waals surface area contributed by atoms with Crippen LogP contribution in [-0.2, 0) is 9.53 Å². The fourth-order valence-electron chi connectivity index (χ4n) is 2.32. The second kappa shape index (κ2) is 7.16. The highest BCUT2D eigenvalue weighted by Crippen LogP contribution is 2.26. The summed E-state index contributed by atoms with van der Waals surface area (Å²) in [6.45, 7) is 0. The van der Waals surface area contributed by atoms with Crippen LogP contribution in [0.4, 0.5) is 0 Å². The Morgan fingerprint density at radius 1 is 0.875 bits per heavy atom. The molecule has 0 radical (unpaired) electrons. The Hall–Kier alpha value is -2.17. The van der Waals surface area contributed by atoms with Crippen molar-refractivity contribution in [1.29, 1.82) is 0 Å². The number of benzene rings is 1. The van der Waals surface area contributed by atoms with E-state index in [-0.39, 0.29) is 11.5 Å². The first-order valence-corrected chi connectivity index (χ1v) is 7.03. The van der Waals surface area contributed by atoms with Gasteiger partial charge in [-0.2, -0.15) is 0 Å². The molecule has 0 heterocycles. The molecule has 132 valence electrons. The van der Waals surface area contributed by atoms with E-state index in [0.29, 0.717) is 5.56 Å². The Labute approximate surface area is 136 Å². The number of carbonyl (C=O) groups excluding carboxylic acids is 1. The lowest BCUT2D eigenvalue weighted by Crippen LogP contribution is -2.64. The van der Waals surface area contributed by atoms with Crippen molar-refractivity contribution in [1.82, 2.24) is 0 Å². The van der Waals surface area contributed by atoms with E-state index in [1.54, 1.807) is 0 Å². The van der Waals surface area contributed by atoms with Crippen molar-refractivity contribution in [2.24, 2.45) is 0 Å². The highest BCUT2D eigenvalue weighted by atomic mass is 16.6. The number of carbonyl (C=O) groups is 1. The Balaban J connectivity index is 2.05. The number of ether oxygens (including phenoxy) is 1. The van der Waals surface area contributed by atoms with Crippen LogP contribution in [0.15, 0.2) is 24.3 Å². The second-order valence-electron chi connectivity index (χ2n) is 5.44. The van der Waals surface area contributed by atoms with Crippen LogP contribution in [0.3, 0.4) is 0 Å². The number of aliphatic hydroxyl groups excluding tert-OH is 5. The van der Waals surface area contributed by atoms with E-state index in [0.717, 1.165) is 6.08 Å². The topological polar surface area (TPSA) is 168 Å². The average Bonchev–Trinajstić information content (AvgIpc) is 2.56. The van der Waals surface area contributed by atoms with E-state index >= 15 is 0 Å². The fraction of sp³-hybridized carbons (Fsp3) is 0.400. The van der Waals surface area contributed by atoms with Crippen molar-refractivity contribution >= 4 is 12.0 Å². The molecular formula is C15H18O9. The number of esters is 1. The lowest BCUT2D eigenvalue weighted by atomic mass is 9.85. The smallest absolute Gasteiger partial charge is 0.331 e. The largest absolute Gasteiger partial charge is 0.504 e. The molecule has 2 unspecified atom stereocenters. The van der Waals surface area contributed by atoms with Crippen molar-refractivity contribution in [2.75, 3.05) is 0 Å². The number of aliphatic hydroxyl groups is 5. The first-order valence-electron chi connectivity index (χ1n) is 7.03. The van der Waals surface area contributed by atoms with Crippen molar-refractivity contribution in [3.05, 3.63) is 29.8 Å². The zero-order chi connectivity index (χ0) is 18.0. The standard InChI is InChI=1S/C15H18O9/c16-7-3-1-6(5-8(7)17)2-4-9(18)24-15-13(22)11(20)10(19)12(21)14(15)23/h1-5,10-17,19-23H/b4-2+/t10?,11-,12+,13+,14-,15?. The number of hydrogen-bond donors (Lipinski definition) is 7. The van der Waals surface area contributed by atoms with Crippen LogP contribution in [0.5, 0.6) is 11.5 Å². The molecule has 7 N–H and O–H groups in total. The van der Waals surface area contributed by atoms with E-state index < -0.39 is 42.6 Å². The van der Waals surface area contributed by atoms with Gasteiger partial charge in [0.15, 0.2) is 17.6 Å². The summed E-state index contributed by atoms with van der Waals surface area (Å²) >= 11 is 0. The molecule has 0 saturated heterocycles. The molecule has 1 saturated carbocycles. The molecule has 1 aromatic carbocycles. The Morgan fingerprint density at radius 3 is 1.96 bits per heavy atom. The average molecular weight is 342 g/mol. The van der Waals surface area contributed by atoms with E-state index in [4.69, 9.17) is 4.74 Å². The van der Waals surface area contributed by atoms with Crippen LogP contribution in [0.1, 0.15) is 5.56 Å². The third-order valence-corrected chi connectivity index (χ3v) is 3.74. The molecule has 0 spiro atoms. The first-order chi connectivity index (χ1) is 11.2. The second-order valence-corrected chi connectivity index (χ2v) is 5.44. The van der Waals surface area contributed by atoms with Gasteiger partial charge in [-0.3, -0.25) is 0 Å².